The number of halogens is 1. The summed E-state index contributed by atoms with van der Waals surface area (Å²) in [4.78, 5) is 0.729. The minimum absolute atomic E-state index is 0.697. The highest BCUT2D eigenvalue weighted by Crippen LogP contribution is 2.54. The van der Waals surface area contributed by atoms with Crippen LogP contribution in [0.3, 0.4) is 0 Å². The van der Waals surface area contributed by atoms with Gasteiger partial charge >= 0.3 is 0 Å². The van der Waals surface area contributed by atoms with Crippen LogP contribution < -0.4 is 0 Å². The highest BCUT2D eigenvalue weighted by atomic mass is 79.9. The highest BCUT2D eigenvalue weighted by molar-refractivity contribution is 9.09. The lowest BCUT2D eigenvalue weighted by Crippen LogP contribution is -2.12. The summed E-state index contributed by atoms with van der Waals surface area (Å²) in [7, 11) is 0. The Kier molecular flexibility index (Phi) is 3.76. The molecule has 0 saturated heterocycles. The predicted molar refractivity (Wildman–Crippen MR) is 57.7 cm³/mol. The van der Waals surface area contributed by atoms with Crippen LogP contribution in [0.2, 0.25) is 0 Å². The predicted octanol–water partition coefficient (Wildman–Crippen LogP) is 3.69. The molecule has 1 fully saturated rings. The van der Waals surface area contributed by atoms with Gasteiger partial charge in [-0.2, -0.15) is 11.8 Å². The van der Waals surface area contributed by atoms with E-state index in [1.54, 1.807) is 0 Å². The largest absolute Gasteiger partial charge is 0.162 e. The van der Waals surface area contributed by atoms with E-state index in [0.29, 0.717) is 5.41 Å². The maximum absolute atomic E-state index is 3.70. The van der Waals surface area contributed by atoms with E-state index in [4.69, 9.17) is 0 Å². The zero-order chi connectivity index (χ0) is 8.32. The van der Waals surface area contributed by atoms with Gasteiger partial charge in [0, 0.05) is 4.83 Å². The van der Waals surface area contributed by atoms with Crippen LogP contribution in [0.1, 0.15) is 33.1 Å². The van der Waals surface area contributed by atoms with Gasteiger partial charge in [0.05, 0.1) is 0 Å². The molecular weight excluding hydrogens is 220 g/mol. The summed E-state index contributed by atoms with van der Waals surface area (Å²) in [6, 6.07) is 0. The molecule has 0 aromatic carbocycles. The van der Waals surface area contributed by atoms with Gasteiger partial charge < -0.3 is 0 Å². The van der Waals surface area contributed by atoms with Crippen LogP contribution in [0.4, 0.5) is 0 Å². The summed E-state index contributed by atoms with van der Waals surface area (Å²) in [5.41, 5.74) is 0.697. The van der Waals surface area contributed by atoms with Crippen molar-refractivity contribution in [3.8, 4) is 0 Å². The van der Waals surface area contributed by atoms with Crippen LogP contribution in [0.15, 0.2) is 0 Å². The lowest BCUT2D eigenvalue weighted by molar-refractivity contribution is 0.498. The van der Waals surface area contributed by atoms with Gasteiger partial charge in [-0.15, -0.1) is 0 Å². The Morgan fingerprint density at radius 1 is 1.55 bits per heavy atom. The molecule has 0 heterocycles. The van der Waals surface area contributed by atoms with Crippen LogP contribution >= 0.6 is 27.7 Å². The van der Waals surface area contributed by atoms with E-state index in [1.807, 2.05) is 0 Å². The Morgan fingerprint density at radius 2 is 2.18 bits per heavy atom. The van der Waals surface area contributed by atoms with Crippen LogP contribution in [0, 0.1) is 5.41 Å². The molecule has 0 radical (unpaired) electrons. The first-order valence-electron chi connectivity index (χ1n) is 4.43. The Labute approximate surface area is 82.6 Å². The molecule has 1 aliphatic rings. The smallest absolute Gasteiger partial charge is 0.0174 e. The molecule has 66 valence electrons. The van der Waals surface area contributed by atoms with Crippen molar-refractivity contribution in [3.05, 3.63) is 0 Å². The van der Waals surface area contributed by atoms with E-state index in [-0.39, 0.29) is 0 Å². The maximum atomic E-state index is 3.70. The number of alkyl halides is 1. The van der Waals surface area contributed by atoms with Crippen LogP contribution in [0.5, 0.6) is 0 Å². The molecule has 0 bridgehead atoms. The third-order valence-corrected chi connectivity index (χ3v) is 4.56. The van der Waals surface area contributed by atoms with Gasteiger partial charge in [-0.05, 0) is 36.2 Å². The van der Waals surface area contributed by atoms with Crippen LogP contribution in [0.25, 0.3) is 0 Å². The number of hydrogen-bond acceptors (Lipinski definition) is 1. The Balaban J connectivity index is 2.14. The summed E-state index contributed by atoms with van der Waals surface area (Å²) in [5.74, 6) is 2.62. The minimum Gasteiger partial charge on any atom is -0.162 e. The summed E-state index contributed by atoms with van der Waals surface area (Å²) in [5, 5.41) is 0. The minimum atomic E-state index is 0.697. The average molecular weight is 237 g/mol. The van der Waals surface area contributed by atoms with Gasteiger partial charge in [-0.3, -0.25) is 0 Å². The standard InChI is InChI=1S/C9H17BrS/c1-3-11-7-6-9(4-5-9)8(2)10/h8H,3-7H2,1-2H3. The summed E-state index contributed by atoms with van der Waals surface area (Å²) < 4.78 is 0. The van der Waals surface area contributed by atoms with Crippen molar-refractivity contribution in [2.45, 2.75) is 37.9 Å². The first-order chi connectivity index (χ1) is 5.21. The molecule has 11 heavy (non-hydrogen) atoms. The topological polar surface area (TPSA) is 0 Å². The molecule has 1 rings (SSSR count). The zero-order valence-corrected chi connectivity index (χ0v) is 9.80. The second-order valence-corrected chi connectivity index (χ2v) is 6.19. The molecule has 0 amide bonds. The van der Waals surface area contributed by atoms with E-state index in [1.165, 1.54) is 30.8 Å². The van der Waals surface area contributed by atoms with Crippen molar-refractivity contribution in [1.29, 1.82) is 0 Å². The fourth-order valence-corrected chi connectivity index (χ4v) is 2.95. The monoisotopic (exact) mass is 236 g/mol. The average Bonchev–Trinajstić information content (AvgIpc) is 2.70. The van der Waals surface area contributed by atoms with Crippen molar-refractivity contribution >= 4 is 27.7 Å². The quantitative estimate of drug-likeness (QED) is 0.519. The third kappa shape index (κ3) is 2.66. The van der Waals surface area contributed by atoms with Crippen molar-refractivity contribution in [2.75, 3.05) is 11.5 Å². The zero-order valence-electron chi connectivity index (χ0n) is 7.40. The van der Waals surface area contributed by atoms with E-state index < -0.39 is 0 Å². The fourth-order valence-electron chi connectivity index (χ4n) is 1.43. The highest BCUT2D eigenvalue weighted by Gasteiger charge is 2.45. The molecule has 1 aliphatic carbocycles. The molecule has 1 atom stereocenters. The molecule has 1 unspecified atom stereocenters. The Hall–Kier alpha value is 0.830. The first-order valence-corrected chi connectivity index (χ1v) is 6.50. The van der Waals surface area contributed by atoms with Crippen molar-refractivity contribution in [3.63, 3.8) is 0 Å². The maximum Gasteiger partial charge on any atom is 0.0174 e. The molecule has 0 N–H and O–H groups in total. The normalized spacial score (nSPS) is 23.2. The number of rotatable bonds is 5. The third-order valence-electron chi connectivity index (χ3n) is 2.68. The van der Waals surface area contributed by atoms with E-state index in [2.05, 4.69) is 41.5 Å². The summed E-state index contributed by atoms with van der Waals surface area (Å²) in [6.07, 6.45) is 4.31. The Bertz CT molecular complexity index is 119. The Morgan fingerprint density at radius 3 is 2.55 bits per heavy atom. The number of hydrogen-bond donors (Lipinski definition) is 0. The first kappa shape index (κ1) is 9.91. The van der Waals surface area contributed by atoms with E-state index in [0.717, 1.165) is 4.83 Å². The molecule has 0 nitrogen and oxygen atoms in total. The number of thioether (sulfide) groups is 1. The van der Waals surface area contributed by atoms with E-state index >= 15 is 0 Å². The summed E-state index contributed by atoms with van der Waals surface area (Å²) in [6.45, 7) is 4.53. The van der Waals surface area contributed by atoms with Crippen LogP contribution in [-0.4, -0.2) is 16.3 Å². The van der Waals surface area contributed by atoms with Gasteiger partial charge in [-0.25, -0.2) is 0 Å². The van der Waals surface area contributed by atoms with Gasteiger partial charge in [0.2, 0.25) is 0 Å². The molecule has 0 spiro atoms. The molecule has 0 aliphatic heterocycles. The second kappa shape index (κ2) is 4.18. The second-order valence-electron chi connectivity index (χ2n) is 3.43. The van der Waals surface area contributed by atoms with Gasteiger partial charge in [0.15, 0.2) is 0 Å². The van der Waals surface area contributed by atoms with Gasteiger partial charge in [0.1, 0.15) is 0 Å². The molecule has 1 saturated carbocycles. The summed E-state index contributed by atoms with van der Waals surface area (Å²) >= 11 is 5.77. The van der Waals surface area contributed by atoms with Gasteiger partial charge in [-0.1, -0.05) is 29.8 Å². The van der Waals surface area contributed by atoms with Gasteiger partial charge in [0.25, 0.3) is 0 Å². The molecule has 0 aromatic rings. The fraction of sp³-hybridized carbons (Fsp3) is 1.00. The van der Waals surface area contributed by atoms with Crippen molar-refractivity contribution in [1.82, 2.24) is 0 Å². The van der Waals surface area contributed by atoms with Crippen LogP contribution in [-0.2, 0) is 0 Å². The molecule has 0 aromatic heterocycles. The lowest BCUT2D eigenvalue weighted by Gasteiger charge is -2.16. The lowest BCUT2D eigenvalue weighted by atomic mass is 10.0. The van der Waals surface area contributed by atoms with Crippen molar-refractivity contribution < 1.29 is 0 Å². The van der Waals surface area contributed by atoms with E-state index in [9.17, 15) is 0 Å². The SMILES string of the molecule is CCSCCC1(C(C)Br)CC1. The molecule has 2 heteroatoms. The van der Waals surface area contributed by atoms with Crippen molar-refractivity contribution in [2.24, 2.45) is 5.41 Å². The molecular formula is C9H17BrS.